The van der Waals surface area contributed by atoms with Gasteiger partial charge in [0.2, 0.25) is 0 Å². The smallest absolute Gasteiger partial charge is 0.280 e. The van der Waals surface area contributed by atoms with E-state index in [1.54, 1.807) is 18.2 Å². The highest BCUT2D eigenvalue weighted by Gasteiger charge is 2.16. The molecule has 6 heteroatoms. The van der Waals surface area contributed by atoms with Gasteiger partial charge in [-0.1, -0.05) is 6.07 Å². The fourth-order valence-electron chi connectivity index (χ4n) is 2.03. The van der Waals surface area contributed by atoms with E-state index < -0.39 is 0 Å². The first-order valence-corrected chi connectivity index (χ1v) is 6.22. The van der Waals surface area contributed by atoms with Crippen molar-refractivity contribution in [2.45, 2.75) is 0 Å². The van der Waals surface area contributed by atoms with E-state index in [0.29, 0.717) is 5.56 Å². The van der Waals surface area contributed by atoms with Crippen molar-refractivity contribution >= 4 is 11.7 Å². The van der Waals surface area contributed by atoms with Gasteiger partial charge in [0.15, 0.2) is 0 Å². The lowest BCUT2D eigenvalue weighted by molar-refractivity contribution is 0.0948. The Morgan fingerprint density at radius 1 is 1.24 bits per heavy atom. The van der Waals surface area contributed by atoms with E-state index in [1.807, 2.05) is 41.2 Å². The lowest BCUT2D eigenvalue weighted by Gasteiger charge is -2.06. The number of aromatic nitrogens is 3. The number of carbonyl (C=O) groups is 1. The molecule has 2 aromatic heterocycles. The van der Waals surface area contributed by atoms with Crippen LogP contribution in [0, 0.1) is 11.3 Å². The molecule has 0 atom stereocenters. The predicted octanol–water partition coefficient (Wildman–Crippen LogP) is 1.82. The van der Waals surface area contributed by atoms with E-state index in [-0.39, 0.29) is 17.3 Å². The fourth-order valence-corrected chi connectivity index (χ4v) is 2.03. The zero-order valence-electron chi connectivity index (χ0n) is 11.0. The van der Waals surface area contributed by atoms with Crippen LogP contribution < -0.4 is 5.73 Å². The molecule has 3 aromatic rings. The number of hydrogen-bond acceptors (Lipinski definition) is 4. The highest BCUT2D eigenvalue weighted by molar-refractivity contribution is 5.97. The Hall–Kier alpha value is -3.33. The van der Waals surface area contributed by atoms with E-state index in [0.717, 1.165) is 10.4 Å². The largest absolute Gasteiger partial charge is 0.382 e. The summed E-state index contributed by atoms with van der Waals surface area (Å²) < 4.78 is 2.93. The third-order valence-electron chi connectivity index (χ3n) is 3.11. The van der Waals surface area contributed by atoms with Gasteiger partial charge in [0, 0.05) is 23.6 Å². The van der Waals surface area contributed by atoms with Gasteiger partial charge < -0.3 is 10.3 Å². The number of hydrogen-bond donors (Lipinski definition) is 1. The Morgan fingerprint density at radius 3 is 2.67 bits per heavy atom. The molecule has 0 bridgehead atoms. The second-order valence-corrected chi connectivity index (χ2v) is 4.41. The first-order chi connectivity index (χ1) is 10.2. The molecule has 0 unspecified atom stereocenters. The summed E-state index contributed by atoms with van der Waals surface area (Å²) in [7, 11) is 0. The standard InChI is InChI=1S/C15H11N5O/c16-9-12-10-18-20(14(12)17)15(21)11-4-3-5-13(8-11)19-6-1-2-7-19/h1-8,10H,17H2. The summed E-state index contributed by atoms with van der Waals surface area (Å²) in [5, 5.41) is 12.7. The molecule has 6 nitrogen and oxygen atoms in total. The summed E-state index contributed by atoms with van der Waals surface area (Å²) in [5.74, 6) is -0.322. The summed E-state index contributed by atoms with van der Waals surface area (Å²) in [4.78, 5) is 12.4. The number of rotatable bonds is 2. The molecule has 0 saturated heterocycles. The predicted molar refractivity (Wildman–Crippen MR) is 76.9 cm³/mol. The van der Waals surface area contributed by atoms with E-state index in [9.17, 15) is 4.79 Å². The normalized spacial score (nSPS) is 10.2. The maximum Gasteiger partial charge on any atom is 0.280 e. The van der Waals surface area contributed by atoms with Crippen molar-refractivity contribution in [3.63, 3.8) is 0 Å². The van der Waals surface area contributed by atoms with Gasteiger partial charge in [0.1, 0.15) is 17.5 Å². The van der Waals surface area contributed by atoms with Gasteiger partial charge in [-0.3, -0.25) is 4.79 Å². The number of nitriles is 1. The minimum absolute atomic E-state index is 0.0499. The third-order valence-corrected chi connectivity index (χ3v) is 3.11. The lowest BCUT2D eigenvalue weighted by Crippen LogP contribution is -2.16. The molecule has 0 aliphatic rings. The summed E-state index contributed by atoms with van der Waals surface area (Å²) in [6.45, 7) is 0. The Kier molecular flexibility index (Phi) is 3.01. The molecule has 0 fully saturated rings. The molecule has 0 aliphatic heterocycles. The quantitative estimate of drug-likeness (QED) is 0.773. The van der Waals surface area contributed by atoms with Crippen LogP contribution in [0.4, 0.5) is 5.82 Å². The Balaban J connectivity index is 2.01. The minimum Gasteiger partial charge on any atom is -0.382 e. The van der Waals surface area contributed by atoms with E-state index in [4.69, 9.17) is 11.0 Å². The van der Waals surface area contributed by atoms with E-state index in [1.165, 1.54) is 6.20 Å². The maximum absolute atomic E-state index is 12.4. The van der Waals surface area contributed by atoms with Crippen LogP contribution in [0.25, 0.3) is 5.69 Å². The fraction of sp³-hybridized carbons (Fsp3) is 0. The molecule has 0 spiro atoms. The Morgan fingerprint density at radius 2 is 2.00 bits per heavy atom. The minimum atomic E-state index is -0.372. The summed E-state index contributed by atoms with van der Waals surface area (Å²) in [5.41, 5.74) is 7.23. The second-order valence-electron chi connectivity index (χ2n) is 4.41. The average Bonchev–Trinajstić information content (AvgIpc) is 3.16. The van der Waals surface area contributed by atoms with Crippen LogP contribution >= 0.6 is 0 Å². The topological polar surface area (TPSA) is 89.6 Å². The van der Waals surface area contributed by atoms with Gasteiger partial charge >= 0.3 is 0 Å². The zero-order chi connectivity index (χ0) is 14.8. The van der Waals surface area contributed by atoms with Gasteiger partial charge in [-0.2, -0.15) is 15.0 Å². The molecule has 1 aromatic carbocycles. The molecule has 102 valence electrons. The van der Waals surface area contributed by atoms with Gasteiger partial charge in [-0.15, -0.1) is 0 Å². The number of carbonyl (C=O) groups excluding carboxylic acids is 1. The molecular formula is C15H11N5O. The van der Waals surface area contributed by atoms with Crippen molar-refractivity contribution < 1.29 is 4.79 Å². The molecule has 0 saturated carbocycles. The van der Waals surface area contributed by atoms with Crippen LogP contribution in [0.5, 0.6) is 0 Å². The highest BCUT2D eigenvalue weighted by atomic mass is 16.2. The number of nitrogens with zero attached hydrogens (tertiary/aromatic N) is 4. The van der Waals surface area contributed by atoms with Crippen molar-refractivity contribution in [2.75, 3.05) is 5.73 Å². The average molecular weight is 277 g/mol. The second kappa shape index (κ2) is 4.98. The number of nitrogens with two attached hydrogens (primary N) is 1. The number of anilines is 1. The molecule has 3 rings (SSSR count). The van der Waals surface area contributed by atoms with Gasteiger partial charge in [0.05, 0.1) is 6.20 Å². The van der Waals surface area contributed by atoms with Crippen LogP contribution in [0.1, 0.15) is 15.9 Å². The highest BCUT2D eigenvalue weighted by Crippen LogP contribution is 2.15. The molecule has 21 heavy (non-hydrogen) atoms. The SMILES string of the molecule is N#Cc1cnn(C(=O)c2cccc(-n3cccc3)c2)c1N. The van der Waals surface area contributed by atoms with Crippen molar-refractivity contribution in [3.8, 4) is 11.8 Å². The summed E-state index contributed by atoms with van der Waals surface area (Å²) >= 11 is 0. The van der Waals surface area contributed by atoms with Crippen LogP contribution in [-0.4, -0.2) is 20.3 Å². The van der Waals surface area contributed by atoms with Crippen LogP contribution in [0.3, 0.4) is 0 Å². The molecule has 0 amide bonds. The third kappa shape index (κ3) is 2.17. The van der Waals surface area contributed by atoms with Crippen molar-refractivity contribution in [1.29, 1.82) is 5.26 Å². The molecule has 2 N–H and O–H groups in total. The zero-order valence-corrected chi connectivity index (χ0v) is 11.0. The monoisotopic (exact) mass is 277 g/mol. The molecule has 0 radical (unpaired) electrons. The number of nitrogen functional groups attached to an aromatic ring is 1. The van der Waals surface area contributed by atoms with Crippen LogP contribution in [0.15, 0.2) is 55.0 Å². The van der Waals surface area contributed by atoms with Crippen LogP contribution in [0.2, 0.25) is 0 Å². The van der Waals surface area contributed by atoms with Crippen LogP contribution in [-0.2, 0) is 0 Å². The summed E-state index contributed by atoms with van der Waals surface area (Å²) in [6.07, 6.45) is 5.06. The van der Waals surface area contributed by atoms with Gasteiger partial charge in [-0.25, -0.2) is 0 Å². The summed E-state index contributed by atoms with van der Waals surface area (Å²) in [6, 6.07) is 12.8. The number of benzene rings is 1. The van der Waals surface area contributed by atoms with E-state index in [2.05, 4.69) is 5.10 Å². The Labute approximate surface area is 120 Å². The first kappa shape index (κ1) is 12.7. The Bertz CT molecular complexity index is 839. The maximum atomic E-state index is 12.4. The van der Waals surface area contributed by atoms with Crippen molar-refractivity contribution in [1.82, 2.24) is 14.3 Å². The van der Waals surface area contributed by atoms with Crippen molar-refractivity contribution in [3.05, 3.63) is 66.1 Å². The van der Waals surface area contributed by atoms with Gasteiger partial charge in [0.25, 0.3) is 5.91 Å². The van der Waals surface area contributed by atoms with Crippen molar-refractivity contribution in [2.24, 2.45) is 0 Å². The first-order valence-electron chi connectivity index (χ1n) is 6.22. The van der Waals surface area contributed by atoms with Gasteiger partial charge in [-0.05, 0) is 30.3 Å². The molecule has 2 heterocycles. The molecular weight excluding hydrogens is 266 g/mol. The molecule has 0 aliphatic carbocycles. The van der Waals surface area contributed by atoms with E-state index >= 15 is 0 Å². The lowest BCUT2D eigenvalue weighted by atomic mass is 10.2.